The highest BCUT2D eigenvalue weighted by atomic mass is 16.2. The Labute approximate surface area is 140 Å². The first-order valence-electron chi connectivity index (χ1n) is 7.99. The number of anilines is 1. The topological polar surface area (TPSA) is 117 Å². The number of rotatable bonds is 5. The molecule has 0 aliphatic carbocycles. The maximum atomic E-state index is 12.3. The second kappa shape index (κ2) is 8.39. The number of nitrogens with one attached hydrogen (secondary N) is 2. The monoisotopic (exact) mass is 333 g/mol. The second-order valence-corrected chi connectivity index (χ2v) is 5.99. The zero-order valence-corrected chi connectivity index (χ0v) is 13.7. The van der Waals surface area contributed by atoms with Crippen LogP contribution >= 0.6 is 0 Å². The van der Waals surface area contributed by atoms with Crippen molar-refractivity contribution in [2.24, 2.45) is 11.7 Å². The van der Waals surface area contributed by atoms with Crippen LogP contribution < -0.4 is 16.4 Å². The number of aryl methyl sites for hydroxylation is 1. The van der Waals surface area contributed by atoms with Gasteiger partial charge in [-0.3, -0.25) is 14.9 Å². The summed E-state index contributed by atoms with van der Waals surface area (Å²) in [5.74, 6) is 0.116. The normalized spacial score (nSPS) is 15.7. The molecule has 2 heterocycles. The van der Waals surface area contributed by atoms with Crippen LogP contribution in [-0.2, 0) is 9.59 Å². The molecule has 24 heavy (non-hydrogen) atoms. The molecule has 0 atom stereocenters. The van der Waals surface area contributed by atoms with Gasteiger partial charge in [-0.2, -0.15) is 0 Å². The van der Waals surface area contributed by atoms with Crippen LogP contribution in [0, 0.1) is 12.8 Å². The number of carbonyl (C=O) groups is 3. The fraction of sp³-hybridized carbons (Fsp3) is 0.500. The zero-order chi connectivity index (χ0) is 17.5. The number of urea groups is 1. The zero-order valence-electron chi connectivity index (χ0n) is 13.7. The molecule has 4 amide bonds. The van der Waals surface area contributed by atoms with Gasteiger partial charge in [0.2, 0.25) is 11.8 Å². The number of amides is 4. The molecule has 0 bridgehead atoms. The maximum absolute atomic E-state index is 12.3. The number of hydrogen-bond acceptors (Lipinski definition) is 5. The lowest BCUT2D eigenvalue weighted by atomic mass is 9.96. The summed E-state index contributed by atoms with van der Waals surface area (Å²) in [5.41, 5.74) is 5.93. The van der Waals surface area contributed by atoms with E-state index in [1.165, 1.54) is 0 Å². The van der Waals surface area contributed by atoms with Gasteiger partial charge >= 0.3 is 6.03 Å². The third-order valence-electron chi connectivity index (χ3n) is 4.04. The number of aromatic nitrogens is 1. The van der Waals surface area contributed by atoms with Crippen molar-refractivity contribution in [1.82, 2.24) is 15.2 Å². The van der Waals surface area contributed by atoms with E-state index in [1.54, 1.807) is 12.3 Å². The van der Waals surface area contributed by atoms with Crippen LogP contribution in [0.3, 0.4) is 0 Å². The average Bonchev–Trinajstić information content (AvgIpc) is 2.55. The molecule has 4 N–H and O–H groups in total. The van der Waals surface area contributed by atoms with Crippen molar-refractivity contribution in [3.63, 3.8) is 0 Å². The number of hydrogen-bond donors (Lipinski definition) is 3. The Morgan fingerprint density at radius 3 is 2.58 bits per heavy atom. The lowest BCUT2D eigenvalue weighted by Crippen LogP contribution is -2.41. The van der Waals surface area contributed by atoms with Gasteiger partial charge in [0.1, 0.15) is 5.82 Å². The van der Waals surface area contributed by atoms with Crippen molar-refractivity contribution in [3.05, 3.63) is 23.9 Å². The standard InChI is InChI=1S/C16H23N5O3/c1-11-2-3-13(18-10-11)19-15(23)12-4-7-21(8-5-12)9-6-14(22)20-16(17)24/h2-3,10,12H,4-9H2,1H3,(H,18,19,23)(H3,17,20,22,24). The summed E-state index contributed by atoms with van der Waals surface area (Å²) in [6.45, 7) is 3.97. The molecule has 1 aromatic heterocycles. The van der Waals surface area contributed by atoms with Crippen LogP contribution in [0.2, 0.25) is 0 Å². The van der Waals surface area contributed by atoms with E-state index >= 15 is 0 Å². The number of imide groups is 1. The number of pyridine rings is 1. The summed E-state index contributed by atoms with van der Waals surface area (Å²) in [7, 11) is 0. The van der Waals surface area contributed by atoms with Gasteiger partial charge in [-0.25, -0.2) is 9.78 Å². The summed E-state index contributed by atoms with van der Waals surface area (Å²) in [4.78, 5) is 40.5. The number of nitrogens with two attached hydrogens (primary N) is 1. The minimum absolute atomic E-state index is 0.0162. The third-order valence-corrected chi connectivity index (χ3v) is 4.04. The van der Waals surface area contributed by atoms with Crippen LogP contribution in [0.25, 0.3) is 0 Å². The van der Waals surface area contributed by atoms with Crippen LogP contribution in [0.4, 0.5) is 10.6 Å². The summed E-state index contributed by atoms with van der Waals surface area (Å²) in [6.07, 6.45) is 3.40. The van der Waals surface area contributed by atoms with E-state index in [2.05, 4.69) is 15.2 Å². The Kier molecular flexibility index (Phi) is 6.25. The quantitative estimate of drug-likeness (QED) is 0.730. The smallest absolute Gasteiger partial charge is 0.318 e. The molecule has 1 saturated heterocycles. The molecule has 1 aliphatic rings. The second-order valence-electron chi connectivity index (χ2n) is 5.99. The molecule has 8 heteroatoms. The minimum Gasteiger partial charge on any atom is -0.351 e. The van der Waals surface area contributed by atoms with Crippen LogP contribution in [0.15, 0.2) is 18.3 Å². The van der Waals surface area contributed by atoms with Crippen molar-refractivity contribution in [1.29, 1.82) is 0 Å². The van der Waals surface area contributed by atoms with Gasteiger partial charge in [0.05, 0.1) is 0 Å². The third kappa shape index (κ3) is 5.62. The van der Waals surface area contributed by atoms with E-state index in [0.29, 0.717) is 12.4 Å². The molecule has 2 rings (SSSR count). The molecule has 0 spiro atoms. The van der Waals surface area contributed by atoms with Crippen molar-refractivity contribution in [2.75, 3.05) is 25.0 Å². The van der Waals surface area contributed by atoms with Crippen LogP contribution in [-0.4, -0.2) is 47.4 Å². The van der Waals surface area contributed by atoms with Crippen LogP contribution in [0.1, 0.15) is 24.8 Å². The van der Waals surface area contributed by atoms with E-state index < -0.39 is 6.03 Å². The van der Waals surface area contributed by atoms with Gasteiger partial charge < -0.3 is 16.0 Å². The summed E-state index contributed by atoms with van der Waals surface area (Å²) in [5, 5.41) is 4.88. The fourth-order valence-electron chi connectivity index (χ4n) is 2.65. The lowest BCUT2D eigenvalue weighted by Gasteiger charge is -2.30. The molecular weight excluding hydrogens is 310 g/mol. The highest BCUT2D eigenvalue weighted by molar-refractivity contribution is 5.93. The fourth-order valence-corrected chi connectivity index (χ4v) is 2.65. The van der Waals surface area contributed by atoms with E-state index in [1.807, 2.05) is 18.3 Å². The van der Waals surface area contributed by atoms with Gasteiger partial charge in [-0.15, -0.1) is 0 Å². The first kappa shape index (κ1) is 17.9. The number of nitrogens with zero attached hydrogens (tertiary/aromatic N) is 2. The van der Waals surface area contributed by atoms with Crippen molar-refractivity contribution in [2.45, 2.75) is 26.2 Å². The summed E-state index contributed by atoms with van der Waals surface area (Å²) >= 11 is 0. The number of piperidine rings is 1. The van der Waals surface area contributed by atoms with Crippen molar-refractivity contribution in [3.8, 4) is 0 Å². The molecular formula is C16H23N5O3. The first-order chi connectivity index (χ1) is 11.4. The summed E-state index contributed by atoms with van der Waals surface area (Å²) in [6, 6.07) is 2.86. The molecule has 0 saturated carbocycles. The Hall–Kier alpha value is -2.48. The SMILES string of the molecule is Cc1ccc(NC(=O)C2CCN(CCC(=O)NC(N)=O)CC2)nc1. The molecule has 130 valence electrons. The molecule has 1 fully saturated rings. The van der Waals surface area contributed by atoms with Gasteiger partial charge in [-0.05, 0) is 44.5 Å². The van der Waals surface area contributed by atoms with Crippen molar-refractivity contribution < 1.29 is 14.4 Å². The molecule has 0 radical (unpaired) electrons. The largest absolute Gasteiger partial charge is 0.351 e. The number of likely N-dealkylation sites (tertiary alicyclic amines) is 1. The average molecular weight is 333 g/mol. The van der Waals surface area contributed by atoms with E-state index in [-0.39, 0.29) is 24.2 Å². The highest BCUT2D eigenvalue weighted by Crippen LogP contribution is 2.19. The molecule has 0 unspecified atom stereocenters. The highest BCUT2D eigenvalue weighted by Gasteiger charge is 2.25. The predicted octanol–water partition coefficient (Wildman–Crippen LogP) is 0.626. The van der Waals surface area contributed by atoms with Gasteiger partial charge in [0.15, 0.2) is 0 Å². The predicted molar refractivity (Wildman–Crippen MR) is 89.1 cm³/mol. The van der Waals surface area contributed by atoms with Gasteiger partial charge in [0.25, 0.3) is 0 Å². The molecule has 8 nitrogen and oxygen atoms in total. The minimum atomic E-state index is -0.833. The lowest BCUT2D eigenvalue weighted by molar-refractivity contribution is -0.122. The Bertz CT molecular complexity index is 594. The maximum Gasteiger partial charge on any atom is 0.318 e. The van der Waals surface area contributed by atoms with E-state index in [0.717, 1.165) is 31.5 Å². The molecule has 1 aliphatic heterocycles. The summed E-state index contributed by atoms with van der Waals surface area (Å²) < 4.78 is 0. The number of carbonyl (C=O) groups excluding carboxylic acids is 3. The van der Waals surface area contributed by atoms with Gasteiger partial charge in [0, 0.05) is 25.1 Å². The number of primary amides is 1. The van der Waals surface area contributed by atoms with E-state index in [9.17, 15) is 14.4 Å². The van der Waals surface area contributed by atoms with Gasteiger partial charge in [-0.1, -0.05) is 6.07 Å². The van der Waals surface area contributed by atoms with Crippen molar-refractivity contribution >= 4 is 23.7 Å². The van der Waals surface area contributed by atoms with E-state index in [4.69, 9.17) is 5.73 Å². The molecule has 0 aromatic carbocycles. The Morgan fingerprint density at radius 1 is 1.29 bits per heavy atom. The Balaban J connectivity index is 1.71. The first-order valence-corrected chi connectivity index (χ1v) is 7.99. The van der Waals surface area contributed by atoms with Crippen LogP contribution in [0.5, 0.6) is 0 Å². The molecule has 1 aromatic rings. The Morgan fingerprint density at radius 2 is 2.00 bits per heavy atom.